The molecule has 1 saturated carbocycles. The number of nitrogens with zero attached hydrogens (tertiary/aromatic N) is 4. The number of anilines is 2. The van der Waals surface area contributed by atoms with Crippen molar-refractivity contribution in [3.8, 4) is 0 Å². The predicted molar refractivity (Wildman–Crippen MR) is 114 cm³/mol. The molecule has 1 aliphatic carbocycles. The van der Waals surface area contributed by atoms with E-state index >= 15 is 0 Å². The highest BCUT2D eigenvalue weighted by Gasteiger charge is 2.48. The molecule has 3 aliphatic rings. The third-order valence-electron chi connectivity index (χ3n) is 6.39. The molecule has 3 heterocycles. The summed E-state index contributed by atoms with van der Waals surface area (Å²) in [5, 5.41) is 6.88. The van der Waals surface area contributed by atoms with E-state index in [9.17, 15) is 4.79 Å². The SMILES string of the molecule is CC(Nc1nccc(N2CCOC2=O)n1)c1ccc(CN2CCNCC23CC3)cc1. The van der Waals surface area contributed by atoms with Crippen molar-refractivity contribution in [2.24, 2.45) is 0 Å². The van der Waals surface area contributed by atoms with Gasteiger partial charge in [0.15, 0.2) is 0 Å². The van der Waals surface area contributed by atoms with E-state index in [1.807, 2.05) is 0 Å². The van der Waals surface area contributed by atoms with E-state index in [0.29, 0.717) is 30.5 Å². The van der Waals surface area contributed by atoms with Crippen molar-refractivity contribution in [2.45, 2.75) is 37.9 Å². The van der Waals surface area contributed by atoms with Gasteiger partial charge in [-0.3, -0.25) is 9.80 Å². The molecule has 2 saturated heterocycles. The minimum absolute atomic E-state index is 0.0498. The highest BCUT2D eigenvalue weighted by molar-refractivity contribution is 5.88. The molecular weight excluding hydrogens is 380 g/mol. The standard InChI is InChI=1S/C22H28N6O2/c1-16(25-20-24-9-6-19(26-20)28-12-13-30-21(28)29)18-4-2-17(3-5-18)14-27-11-10-23-15-22(27)7-8-22/h2-6,9,16,23H,7-8,10-15H2,1H3,(H,24,25,26). The van der Waals surface area contributed by atoms with Crippen LogP contribution < -0.4 is 15.5 Å². The van der Waals surface area contributed by atoms with Crippen LogP contribution in [0.25, 0.3) is 0 Å². The first-order chi connectivity index (χ1) is 14.6. The number of piperazine rings is 1. The van der Waals surface area contributed by atoms with Gasteiger partial charge in [0.2, 0.25) is 5.95 Å². The number of carbonyl (C=O) groups excluding carboxylic acids is 1. The minimum Gasteiger partial charge on any atom is -0.447 e. The summed E-state index contributed by atoms with van der Waals surface area (Å²) in [6.07, 6.45) is 3.93. The minimum atomic E-state index is -0.360. The Morgan fingerprint density at radius 2 is 2.07 bits per heavy atom. The maximum Gasteiger partial charge on any atom is 0.415 e. The van der Waals surface area contributed by atoms with Crippen LogP contribution in [-0.4, -0.2) is 59.3 Å². The third kappa shape index (κ3) is 3.85. The highest BCUT2D eigenvalue weighted by atomic mass is 16.6. The first-order valence-electron chi connectivity index (χ1n) is 10.7. The molecule has 0 bridgehead atoms. The third-order valence-corrected chi connectivity index (χ3v) is 6.39. The number of cyclic esters (lactones) is 1. The van der Waals surface area contributed by atoms with Gasteiger partial charge >= 0.3 is 6.09 Å². The average molecular weight is 409 g/mol. The molecule has 1 amide bonds. The van der Waals surface area contributed by atoms with Gasteiger partial charge in [-0.15, -0.1) is 0 Å². The fourth-order valence-electron chi connectivity index (χ4n) is 4.35. The van der Waals surface area contributed by atoms with Crippen molar-refractivity contribution in [2.75, 3.05) is 43.0 Å². The maximum absolute atomic E-state index is 11.8. The number of rotatable bonds is 6. The lowest BCUT2D eigenvalue weighted by Gasteiger charge is -2.36. The lowest BCUT2D eigenvalue weighted by Crippen LogP contribution is -2.52. The molecule has 1 atom stereocenters. The number of ether oxygens (including phenoxy) is 1. The van der Waals surface area contributed by atoms with Gasteiger partial charge in [-0.25, -0.2) is 9.78 Å². The largest absolute Gasteiger partial charge is 0.447 e. The van der Waals surface area contributed by atoms with Crippen molar-refractivity contribution in [3.63, 3.8) is 0 Å². The lowest BCUT2D eigenvalue weighted by molar-refractivity contribution is 0.134. The summed E-state index contributed by atoms with van der Waals surface area (Å²) in [7, 11) is 0. The van der Waals surface area contributed by atoms with E-state index in [-0.39, 0.29) is 12.1 Å². The molecule has 5 rings (SSSR count). The first-order valence-corrected chi connectivity index (χ1v) is 10.7. The summed E-state index contributed by atoms with van der Waals surface area (Å²) in [6.45, 7) is 7.34. The number of hydrogen-bond acceptors (Lipinski definition) is 7. The zero-order chi connectivity index (χ0) is 20.6. The second-order valence-electron chi connectivity index (χ2n) is 8.43. The zero-order valence-corrected chi connectivity index (χ0v) is 17.3. The topological polar surface area (TPSA) is 82.6 Å². The Kier molecular flexibility index (Phi) is 5.04. The molecule has 3 fully saturated rings. The molecule has 8 nitrogen and oxygen atoms in total. The van der Waals surface area contributed by atoms with Gasteiger partial charge in [0.25, 0.3) is 0 Å². The summed E-state index contributed by atoms with van der Waals surface area (Å²) < 4.78 is 4.99. The monoisotopic (exact) mass is 408 g/mol. The molecule has 2 aliphatic heterocycles. The van der Waals surface area contributed by atoms with Gasteiger partial charge in [0.05, 0.1) is 12.6 Å². The van der Waals surface area contributed by atoms with Crippen molar-refractivity contribution < 1.29 is 9.53 Å². The Balaban J connectivity index is 1.22. The van der Waals surface area contributed by atoms with Crippen LogP contribution in [0.5, 0.6) is 0 Å². The fraction of sp³-hybridized carbons (Fsp3) is 0.500. The van der Waals surface area contributed by atoms with Gasteiger partial charge in [-0.05, 0) is 37.0 Å². The number of carbonyl (C=O) groups is 1. The van der Waals surface area contributed by atoms with Crippen LogP contribution in [0.15, 0.2) is 36.5 Å². The van der Waals surface area contributed by atoms with Gasteiger partial charge in [0, 0.05) is 37.9 Å². The van der Waals surface area contributed by atoms with Gasteiger partial charge < -0.3 is 15.4 Å². The van der Waals surface area contributed by atoms with E-state index in [2.05, 4.69) is 56.7 Å². The quantitative estimate of drug-likeness (QED) is 0.760. The van der Waals surface area contributed by atoms with E-state index in [1.54, 1.807) is 12.3 Å². The molecule has 1 aromatic carbocycles. The van der Waals surface area contributed by atoms with Crippen LogP contribution in [0.3, 0.4) is 0 Å². The summed E-state index contributed by atoms with van der Waals surface area (Å²) in [6, 6.07) is 10.6. The highest BCUT2D eigenvalue weighted by Crippen LogP contribution is 2.43. The van der Waals surface area contributed by atoms with E-state index in [4.69, 9.17) is 4.74 Å². The number of nitrogens with one attached hydrogen (secondary N) is 2. The van der Waals surface area contributed by atoms with Gasteiger partial charge in [0.1, 0.15) is 12.4 Å². The predicted octanol–water partition coefficient (Wildman–Crippen LogP) is 2.54. The van der Waals surface area contributed by atoms with Crippen molar-refractivity contribution in [1.82, 2.24) is 20.2 Å². The van der Waals surface area contributed by atoms with Crippen molar-refractivity contribution >= 4 is 17.9 Å². The van der Waals surface area contributed by atoms with Crippen molar-refractivity contribution in [1.29, 1.82) is 0 Å². The molecule has 1 unspecified atom stereocenters. The van der Waals surface area contributed by atoms with Crippen LogP contribution in [0, 0.1) is 0 Å². The van der Waals surface area contributed by atoms with E-state index in [0.717, 1.165) is 26.2 Å². The van der Waals surface area contributed by atoms with Crippen molar-refractivity contribution in [3.05, 3.63) is 47.7 Å². The summed E-state index contributed by atoms with van der Waals surface area (Å²) in [4.78, 5) is 24.7. The van der Waals surface area contributed by atoms with Crippen LogP contribution in [-0.2, 0) is 11.3 Å². The molecule has 8 heteroatoms. The molecule has 2 N–H and O–H groups in total. The Bertz CT molecular complexity index is 914. The lowest BCUT2D eigenvalue weighted by atomic mass is 10.0. The Morgan fingerprint density at radius 1 is 1.23 bits per heavy atom. The molecule has 1 aromatic heterocycles. The summed E-state index contributed by atoms with van der Waals surface area (Å²) >= 11 is 0. The summed E-state index contributed by atoms with van der Waals surface area (Å²) in [5.41, 5.74) is 2.94. The normalized spacial score (nSPS) is 21.5. The Labute approximate surface area is 176 Å². The van der Waals surface area contributed by atoms with Gasteiger partial charge in [-0.2, -0.15) is 4.98 Å². The smallest absolute Gasteiger partial charge is 0.415 e. The second-order valence-corrected chi connectivity index (χ2v) is 8.43. The first kappa shape index (κ1) is 19.3. The number of amides is 1. The van der Waals surface area contributed by atoms with Crippen LogP contribution >= 0.6 is 0 Å². The molecule has 30 heavy (non-hydrogen) atoms. The zero-order valence-electron chi connectivity index (χ0n) is 17.3. The molecule has 158 valence electrons. The van der Waals surface area contributed by atoms with E-state index in [1.165, 1.54) is 28.9 Å². The van der Waals surface area contributed by atoms with E-state index < -0.39 is 0 Å². The van der Waals surface area contributed by atoms with Crippen LogP contribution in [0.1, 0.15) is 36.9 Å². The van der Waals surface area contributed by atoms with Crippen LogP contribution in [0.2, 0.25) is 0 Å². The number of aromatic nitrogens is 2. The maximum atomic E-state index is 11.8. The average Bonchev–Trinajstić information content (AvgIpc) is 3.40. The van der Waals surface area contributed by atoms with Crippen LogP contribution in [0.4, 0.5) is 16.6 Å². The summed E-state index contributed by atoms with van der Waals surface area (Å²) in [5.74, 6) is 1.06. The molecule has 0 radical (unpaired) electrons. The fourth-order valence-corrected chi connectivity index (χ4v) is 4.35. The number of benzene rings is 1. The molecule has 2 aromatic rings. The molecule has 1 spiro atoms. The Morgan fingerprint density at radius 3 is 2.80 bits per heavy atom. The Hall–Kier alpha value is -2.71. The van der Waals surface area contributed by atoms with Gasteiger partial charge in [-0.1, -0.05) is 24.3 Å². The molecular formula is C22H28N6O2. The number of hydrogen-bond donors (Lipinski definition) is 2. The second kappa shape index (κ2) is 7.85.